The second-order valence-electron chi connectivity index (χ2n) is 6.50. The highest BCUT2D eigenvalue weighted by Gasteiger charge is 2.42. The number of nitrogens with one attached hydrogen (secondary N) is 1. The van der Waals surface area contributed by atoms with Crippen LogP contribution in [0.3, 0.4) is 0 Å². The Hall–Kier alpha value is -0.860. The lowest BCUT2D eigenvalue weighted by Crippen LogP contribution is -2.52. The quantitative estimate of drug-likeness (QED) is 0.834. The lowest BCUT2D eigenvalue weighted by atomic mass is 9.78. The highest BCUT2D eigenvalue weighted by Crippen LogP contribution is 2.32. The third-order valence-corrected chi connectivity index (χ3v) is 4.71. The van der Waals surface area contributed by atoms with Gasteiger partial charge in [0.05, 0.1) is 18.6 Å². The molecule has 8 heteroatoms. The molecule has 0 aliphatic carbocycles. The fourth-order valence-electron chi connectivity index (χ4n) is 3.52. The number of carbonyl (C=O) groups excluding carboxylic acids is 1. The third-order valence-electron chi connectivity index (χ3n) is 4.71. The molecular weight excluding hydrogens is 311 g/mol. The Morgan fingerprint density at radius 3 is 2.48 bits per heavy atom. The summed E-state index contributed by atoms with van der Waals surface area (Å²) in [6.45, 7) is 2.53. The number of ether oxygens (including phenoxy) is 1. The number of rotatable bonds is 4. The van der Waals surface area contributed by atoms with Crippen molar-refractivity contribution in [2.24, 2.45) is 5.41 Å². The minimum atomic E-state index is -4.19. The average molecular weight is 337 g/mol. The van der Waals surface area contributed by atoms with E-state index >= 15 is 0 Å². The molecule has 0 radical (unpaired) electrons. The van der Waals surface area contributed by atoms with Gasteiger partial charge in [-0.05, 0) is 32.4 Å². The van der Waals surface area contributed by atoms with Crippen LogP contribution < -0.4 is 5.32 Å². The van der Waals surface area contributed by atoms with Gasteiger partial charge in [0.25, 0.3) is 0 Å². The van der Waals surface area contributed by atoms with Crippen molar-refractivity contribution in [2.75, 3.05) is 59.5 Å². The minimum absolute atomic E-state index is 0.0368. The number of nitrogens with zero attached hydrogens (tertiary/aromatic N) is 2. The number of amides is 1. The number of carbonyl (C=O) groups is 1. The molecule has 1 N–H and O–H groups in total. The van der Waals surface area contributed by atoms with Crippen molar-refractivity contribution in [1.29, 1.82) is 0 Å². The zero-order chi connectivity index (χ0) is 16.9. The Balaban J connectivity index is 1.98. The SMILES string of the molecule is COCC1(C(=O)N2CCCN(CC(F)(F)F)CC2)CCNCC1. The van der Waals surface area contributed by atoms with E-state index in [1.165, 1.54) is 4.90 Å². The van der Waals surface area contributed by atoms with Gasteiger partial charge in [0.15, 0.2) is 0 Å². The van der Waals surface area contributed by atoms with Crippen molar-refractivity contribution in [2.45, 2.75) is 25.4 Å². The summed E-state index contributed by atoms with van der Waals surface area (Å²) < 4.78 is 42.9. The molecule has 5 nitrogen and oxygen atoms in total. The van der Waals surface area contributed by atoms with Crippen molar-refractivity contribution in [3.8, 4) is 0 Å². The predicted molar refractivity (Wildman–Crippen MR) is 80.1 cm³/mol. The topological polar surface area (TPSA) is 44.8 Å². The molecule has 0 spiro atoms. The van der Waals surface area contributed by atoms with E-state index in [2.05, 4.69) is 5.32 Å². The van der Waals surface area contributed by atoms with E-state index < -0.39 is 18.1 Å². The molecule has 0 aromatic heterocycles. The van der Waals surface area contributed by atoms with Gasteiger partial charge in [-0.25, -0.2) is 0 Å². The lowest BCUT2D eigenvalue weighted by molar-refractivity contribution is -0.148. The van der Waals surface area contributed by atoms with E-state index in [1.807, 2.05) is 0 Å². The monoisotopic (exact) mass is 337 g/mol. The molecule has 2 aliphatic heterocycles. The summed E-state index contributed by atoms with van der Waals surface area (Å²) in [6.07, 6.45) is -2.19. The van der Waals surface area contributed by atoms with Gasteiger partial charge in [-0.3, -0.25) is 9.69 Å². The van der Waals surface area contributed by atoms with E-state index in [-0.39, 0.29) is 12.5 Å². The molecule has 2 aliphatic rings. The van der Waals surface area contributed by atoms with Crippen LogP contribution in [0.5, 0.6) is 0 Å². The summed E-state index contributed by atoms with van der Waals surface area (Å²) in [5.41, 5.74) is -0.529. The molecule has 23 heavy (non-hydrogen) atoms. The van der Waals surface area contributed by atoms with Gasteiger partial charge in [-0.1, -0.05) is 0 Å². The highest BCUT2D eigenvalue weighted by atomic mass is 19.4. The first-order valence-electron chi connectivity index (χ1n) is 8.14. The lowest BCUT2D eigenvalue weighted by Gasteiger charge is -2.39. The van der Waals surface area contributed by atoms with Crippen LogP contribution in [0.1, 0.15) is 19.3 Å². The summed E-state index contributed by atoms with van der Waals surface area (Å²) in [5.74, 6) is 0.0368. The van der Waals surface area contributed by atoms with Crippen molar-refractivity contribution in [3.05, 3.63) is 0 Å². The fourth-order valence-corrected chi connectivity index (χ4v) is 3.52. The largest absolute Gasteiger partial charge is 0.401 e. The van der Waals surface area contributed by atoms with Crippen LogP contribution in [0, 0.1) is 5.41 Å². The Labute approximate surface area is 135 Å². The number of methoxy groups -OCH3 is 1. The van der Waals surface area contributed by atoms with Gasteiger partial charge in [-0.15, -0.1) is 0 Å². The van der Waals surface area contributed by atoms with Crippen molar-refractivity contribution >= 4 is 5.91 Å². The first-order chi connectivity index (χ1) is 10.9. The Bertz CT molecular complexity index is 392. The molecule has 2 saturated heterocycles. The number of halogens is 3. The van der Waals surface area contributed by atoms with Crippen molar-refractivity contribution in [1.82, 2.24) is 15.1 Å². The van der Waals surface area contributed by atoms with Crippen LogP contribution in [0.2, 0.25) is 0 Å². The first-order valence-corrected chi connectivity index (χ1v) is 8.14. The van der Waals surface area contributed by atoms with Crippen LogP contribution in [0.25, 0.3) is 0 Å². The van der Waals surface area contributed by atoms with Crippen LogP contribution in [0.4, 0.5) is 13.2 Å². The zero-order valence-corrected chi connectivity index (χ0v) is 13.6. The Morgan fingerprint density at radius 2 is 1.87 bits per heavy atom. The minimum Gasteiger partial charge on any atom is -0.384 e. The molecule has 0 aromatic carbocycles. The molecule has 1 amide bonds. The maximum atomic E-state index is 13.0. The van der Waals surface area contributed by atoms with Crippen molar-refractivity contribution < 1.29 is 22.7 Å². The standard InChI is InChI=1S/C15H26F3N3O2/c1-23-12-14(3-5-19-6-4-14)13(22)21-8-2-7-20(9-10-21)11-15(16,17)18/h19H,2-12H2,1H3. The van der Waals surface area contributed by atoms with E-state index in [9.17, 15) is 18.0 Å². The predicted octanol–water partition coefficient (Wildman–Crippen LogP) is 1.10. The normalized spacial score (nSPS) is 23.6. The van der Waals surface area contributed by atoms with E-state index in [0.29, 0.717) is 45.5 Å². The zero-order valence-electron chi connectivity index (χ0n) is 13.6. The smallest absolute Gasteiger partial charge is 0.384 e. The molecule has 0 atom stereocenters. The van der Waals surface area contributed by atoms with Gasteiger partial charge in [0.1, 0.15) is 0 Å². The Kier molecular flexibility index (Phi) is 6.27. The molecule has 0 unspecified atom stereocenters. The van der Waals surface area contributed by atoms with Gasteiger partial charge in [0.2, 0.25) is 5.91 Å². The molecule has 2 fully saturated rings. The highest BCUT2D eigenvalue weighted by molar-refractivity contribution is 5.83. The van der Waals surface area contributed by atoms with Crippen LogP contribution in [-0.2, 0) is 9.53 Å². The second-order valence-corrected chi connectivity index (χ2v) is 6.50. The van der Waals surface area contributed by atoms with Crippen molar-refractivity contribution in [3.63, 3.8) is 0 Å². The number of hydrogen-bond donors (Lipinski definition) is 1. The molecular formula is C15H26F3N3O2. The number of piperidine rings is 1. The molecule has 0 bridgehead atoms. The van der Waals surface area contributed by atoms with Gasteiger partial charge >= 0.3 is 6.18 Å². The summed E-state index contributed by atoms with van der Waals surface area (Å²) >= 11 is 0. The molecule has 2 rings (SSSR count). The average Bonchev–Trinajstić information content (AvgIpc) is 2.71. The first kappa shape index (κ1) is 18.5. The summed E-state index contributed by atoms with van der Waals surface area (Å²) in [7, 11) is 1.59. The Morgan fingerprint density at radius 1 is 1.17 bits per heavy atom. The molecule has 2 heterocycles. The summed E-state index contributed by atoms with van der Waals surface area (Å²) in [5, 5.41) is 3.24. The maximum Gasteiger partial charge on any atom is 0.401 e. The number of hydrogen-bond acceptors (Lipinski definition) is 4. The number of alkyl halides is 3. The van der Waals surface area contributed by atoms with E-state index in [1.54, 1.807) is 12.0 Å². The molecule has 0 saturated carbocycles. The van der Waals surface area contributed by atoms with Crippen LogP contribution in [-0.4, -0.2) is 81.4 Å². The summed E-state index contributed by atoms with van der Waals surface area (Å²) in [4.78, 5) is 16.1. The molecule has 134 valence electrons. The fraction of sp³-hybridized carbons (Fsp3) is 0.933. The van der Waals surface area contributed by atoms with Crippen LogP contribution in [0.15, 0.2) is 0 Å². The molecule has 0 aromatic rings. The maximum absolute atomic E-state index is 13.0. The van der Waals surface area contributed by atoms with Gasteiger partial charge < -0.3 is 15.0 Å². The van der Waals surface area contributed by atoms with Gasteiger partial charge in [-0.2, -0.15) is 13.2 Å². The van der Waals surface area contributed by atoms with E-state index in [4.69, 9.17) is 4.74 Å². The van der Waals surface area contributed by atoms with Crippen LogP contribution >= 0.6 is 0 Å². The second kappa shape index (κ2) is 7.81. The third kappa shape index (κ3) is 5.06. The summed E-state index contributed by atoms with van der Waals surface area (Å²) in [6, 6.07) is 0. The van der Waals surface area contributed by atoms with E-state index in [0.717, 1.165) is 13.1 Å². The van der Waals surface area contributed by atoms with Gasteiger partial charge in [0, 0.05) is 33.3 Å².